The predicted molar refractivity (Wildman–Crippen MR) is 139 cm³/mol. The van der Waals surface area contributed by atoms with Crippen molar-refractivity contribution in [1.29, 1.82) is 0 Å². The van der Waals surface area contributed by atoms with Gasteiger partial charge in [-0.2, -0.15) is 0 Å². The van der Waals surface area contributed by atoms with Gasteiger partial charge >= 0.3 is 5.97 Å². The van der Waals surface area contributed by atoms with Crippen molar-refractivity contribution in [2.45, 2.75) is 19.9 Å². The maximum absolute atomic E-state index is 13.7. The van der Waals surface area contributed by atoms with E-state index in [1.165, 1.54) is 23.0 Å². The summed E-state index contributed by atoms with van der Waals surface area (Å²) in [5, 5.41) is 0.552. The lowest BCUT2D eigenvalue weighted by atomic mass is 9.96. The van der Waals surface area contributed by atoms with Crippen molar-refractivity contribution in [2.24, 2.45) is 4.99 Å². The number of carbonyl (C=O) groups is 1. The number of esters is 1. The van der Waals surface area contributed by atoms with Crippen LogP contribution in [0, 0.1) is 0 Å². The van der Waals surface area contributed by atoms with E-state index in [1.54, 1.807) is 50.4 Å². The van der Waals surface area contributed by atoms with E-state index in [1.807, 2.05) is 13.0 Å². The van der Waals surface area contributed by atoms with Gasteiger partial charge in [0.15, 0.2) is 16.3 Å². The molecular weight excluding hydrogens is 556 g/mol. The average Bonchev–Trinajstić information content (AvgIpc) is 3.14. The van der Waals surface area contributed by atoms with Crippen molar-refractivity contribution in [1.82, 2.24) is 4.57 Å². The minimum absolute atomic E-state index is 0.272. The van der Waals surface area contributed by atoms with Gasteiger partial charge in [0.05, 0.1) is 47.1 Å². The molecule has 1 aliphatic heterocycles. The average molecular weight is 578 g/mol. The number of hydrogen-bond donors (Lipinski definition) is 0. The lowest BCUT2D eigenvalue weighted by Crippen LogP contribution is -2.39. The Balaban J connectivity index is 1.93. The molecule has 1 atom stereocenters. The predicted octanol–water partition coefficient (Wildman–Crippen LogP) is 4.23. The van der Waals surface area contributed by atoms with Crippen molar-refractivity contribution in [3.8, 4) is 11.5 Å². The molecule has 2 heterocycles. The van der Waals surface area contributed by atoms with E-state index < -0.39 is 12.0 Å². The second-order valence-corrected chi connectivity index (χ2v) is 9.89. The van der Waals surface area contributed by atoms with Crippen LogP contribution in [-0.4, -0.2) is 31.4 Å². The molecule has 35 heavy (non-hydrogen) atoms. The smallest absolute Gasteiger partial charge is 0.338 e. The molecule has 0 spiro atoms. The Morgan fingerprint density at radius 2 is 1.97 bits per heavy atom. The van der Waals surface area contributed by atoms with Gasteiger partial charge in [0.2, 0.25) is 0 Å². The highest BCUT2D eigenvalue weighted by atomic mass is 79.9. The van der Waals surface area contributed by atoms with Crippen LogP contribution in [-0.2, 0) is 9.53 Å². The van der Waals surface area contributed by atoms with Gasteiger partial charge < -0.3 is 14.2 Å². The van der Waals surface area contributed by atoms with E-state index in [0.717, 1.165) is 11.1 Å². The van der Waals surface area contributed by atoms with Crippen LogP contribution in [0.5, 0.6) is 11.5 Å². The molecule has 182 valence electrons. The highest BCUT2D eigenvalue weighted by Gasteiger charge is 2.33. The van der Waals surface area contributed by atoms with E-state index in [0.29, 0.717) is 48.2 Å². The standard InChI is InChI=1S/C25H22BrClN2O5S/c1-5-34-22-17(26)10-14(11-18(22)32-3)12-19-23(30)29-21(15-6-8-16(27)9-7-15)20(24(31)33-4)13(2)28-25(29)35-19/h6-12,21H,5H2,1-4H3/b19-12-/t21-/m1/s1. The van der Waals surface area contributed by atoms with E-state index >= 15 is 0 Å². The molecule has 2 aromatic carbocycles. The van der Waals surface area contributed by atoms with Crippen LogP contribution in [0.25, 0.3) is 6.08 Å². The number of aromatic nitrogens is 1. The maximum atomic E-state index is 13.7. The van der Waals surface area contributed by atoms with Crippen LogP contribution in [0.3, 0.4) is 0 Å². The van der Waals surface area contributed by atoms with Crippen LogP contribution in [0.2, 0.25) is 5.02 Å². The first-order valence-electron chi connectivity index (χ1n) is 10.7. The highest BCUT2D eigenvalue weighted by Crippen LogP contribution is 2.37. The number of halogens is 2. The number of rotatable bonds is 6. The fraction of sp³-hybridized carbons (Fsp3) is 0.240. The summed E-state index contributed by atoms with van der Waals surface area (Å²) in [5.41, 5.74) is 2.00. The number of fused-ring (bicyclic) bond motifs is 1. The Morgan fingerprint density at radius 1 is 1.26 bits per heavy atom. The molecule has 0 bridgehead atoms. The summed E-state index contributed by atoms with van der Waals surface area (Å²) in [7, 11) is 2.87. The topological polar surface area (TPSA) is 79.1 Å². The molecule has 0 amide bonds. The SMILES string of the molecule is CCOc1c(Br)cc(/C=c2\sc3n(c2=O)[C@H](c2ccc(Cl)cc2)C(C(=O)OC)=C(C)N=3)cc1OC. The summed E-state index contributed by atoms with van der Waals surface area (Å²) in [6, 6.07) is 9.99. The van der Waals surface area contributed by atoms with Crippen molar-refractivity contribution in [2.75, 3.05) is 20.8 Å². The molecule has 0 radical (unpaired) electrons. The third kappa shape index (κ3) is 4.80. The minimum Gasteiger partial charge on any atom is -0.493 e. The third-order valence-electron chi connectivity index (χ3n) is 5.45. The largest absolute Gasteiger partial charge is 0.493 e. The van der Waals surface area contributed by atoms with E-state index in [2.05, 4.69) is 20.9 Å². The fourth-order valence-corrected chi connectivity index (χ4v) is 5.66. The number of carbonyl (C=O) groups excluding carboxylic acids is 1. The highest BCUT2D eigenvalue weighted by molar-refractivity contribution is 9.10. The lowest BCUT2D eigenvalue weighted by molar-refractivity contribution is -0.136. The van der Waals surface area contributed by atoms with Gasteiger partial charge in [0.25, 0.3) is 5.56 Å². The third-order valence-corrected chi connectivity index (χ3v) is 7.27. The molecule has 3 aromatic rings. The van der Waals surface area contributed by atoms with E-state index in [-0.39, 0.29) is 5.56 Å². The number of thiazole rings is 1. The molecule has 0 saturated carbocycles. The zero-order valence-corrected chi connectivity index (χ0v) is 22.6. The summed E-state index contributed by atoms with van der Waals surface area (Å²) < 4.78 is 18.9. The summed E-state index contributed by atoms with van der Waals surface area (Å²) in [4.78, 5) is 31.4. The first-order valence-corrected chi connectivity index (χ1v) is 12.6. The van der Waals surface area contributed by atoms with Gasteiger partial charge in [-0.1, -0.05) is 35.1 Å². The van der Waals surface area contributed by atoms with Gasteiger partial charge in [-0.25, -0.2) is 9.79 Å². The number of ether oxygens (including phenoxy) is 3. The van der Waals surface area contributed by atoms with Crippen LogP contribution in [0.1, 0.15) is 31.0 Å². The second-order valence-electron chi connectivity index (χ2n) is 7.59. The van der Waals surface area contributed by atoms with Crippen LogP contribution >= 0.6 is 38.9 Å². The van der Waals surface area contributed by atoms with Crippen LogP contribution in [0.15, 0.2) is 61.9 Å². The first kappa shape index (κ1) is 25.2. The van der Waals surface area contributed by atoms with Gasteiger partial charge in [0, 0.05) is 5.02 Å². The Kier molecular flexibility index (Phi) is 7.49. The normalized spacial score (nSPS) is 15.5. The number of allylic oxidation sites excluding steroid dienone is 1. The van der Waals surface area contributed by atoms with E-state index in [9.17, 15) is 9.59 Å². The summed E-state index contributed by atoms with van der Waals surface area (Å²) >= 11 is 10.9. The van der Waals surface area contributed by atoms with Crippen molar-refractivity contribution in [3.05, 3.63) is 88.0 Å². The molecule has 7 nitrogen and oxygen atoms in total. The van der Waals surface area contributed by atoms with Gasteiger partial charge in [0.1, 0.15) is 0 Å². The monoisotopic (exact) mass is 576 g/mol. The minimum atomic E-state index is -0.695. The number of methoxy groups -OCH3 is 2. The Bertz CT molecular complexity index is 1510. The molecule has 0 aliphatic carbocycles. The molecule has 0 saturated heterocycles. The first-order chi connectivity index (χ1) is 16.8. The lowest BCUT2D eigenvalue weighted by Gasteiger charge is -2.24. The van der Waals surface area contributed by atoms with Crippen molar-refractivity contribution in [3.63, 3.8) is 0 Å². The molecule has 1 aromatic heterocycles. The molecular formula is C25H22BrClN2O5S. The number of hydrogen-bond acceptors (Lipinski definition) is 7. The van der Waals surface area contributed by atoms with Crippen LogP contribution < -0.4 is 24.4 Å². The van der Waals surface area contributed by atoms with Crippen molar-refractivity contribution >= 4 is 50.9 Å². The molecule has 1 aliphatic rings. The Morgan fingerprint density at radius 3 is 2.60 bits per heavy atom. The second kappa shape index (κ2) is 10.4. The van der Waals surface area contributed by atoms with Gasteiger partial charge in [-0.15, -0.1) is 0 Å². The zero-order chi connectivity index (χ0) is 25.3. The van der Waals surface area contributed by atoms with Crippen molar-refractivity contribution < 1.29 is 19.0 Å². The molecule has 0 fully saturated rings. The summed E-state index contributed by atoms with van der Waals surface area (Å²) in [6.45, 7) is 4.11. The molecule has 0 unspecified atom stereocenters. The Labute approximate surface area is 219 Å². The fourth-order valence-electron chi connectivity index (χ4n) is 3.91. The molecule has 0 N–H and O–H groups in total. The number of benzene rings is 2. The van der Waals surface area contributed by atoms with E-state index in [4.69, 9.17) is 25.8 Å². The summed E-state index contributed by atoms with van der Waals surface area (Å²) in [6.07, 6.45) is 1.77. The summed E-state index contributed by atoms with van der Waals surface area (Å²) in [5.74, 6) is 0.596. The van der Waals surface area contributed by atoms with Gasteiger partial charge in [-0.3, -0.25) is 9.36 Å². The number of nitrogens with zero attached hydrogens (tertiary/aromatic N) is 2. The van der Waals surface area contributed by atoms with Gasteiger partial charge in [-0.05, 0) is 71.2 Å². The quantitative estimate of drug-likeness (QED) is 0.410. The van der Waals surface area contributed by atoms with Crippen LogP contribution in [0.4, 0.5) is 0 Å². The zero-order valence-electron chi connectivity index (χ0n) is 19.4. The molecule has 4 rings (SSSR count). The maximum Gasteiger partial charge on any atom is 0.338 e. The molecule has 10 heteroatoms. The Hall–Kier alpha value is -2.88.